The van der Waals surface area contributed by atoms with Crippen molar-refractivity contribution in [1.82, 2.24) is 9.78 Å². The summed E-state index contributed by atoms with van der Waals surface area (Å²) >= 11 is 0. The normalized spacial score (nSPS) is 17.6. The van der Waals surface area contributed by atoms with Crippen molar-refractivity contribution in [2.75, 3.05) is 37.0 Å². The second-order valence-corrected chi connectivity index (χ2v) is 8.42. The number of nitrogens with one attached hydrogen (secondary N) is 1. The Morgan fingerprint density at radius 1 is 1.21 bits per heavy atom. The van der Waals surface area contributed by atoms with Gasteiger partial charge in [0, 0.05) is 36.4 Å². The van der Waals surface area contributed by atoms with Crippen LogP contribution < -0.4 is 20.5 Å². The van der Waals surface area contributed by atoms with E-state index in [-0.39, 0.29) is 11.4 Å². The van der Waals surface area contributed by atoms with Crippen LogP contribution in [0.5, 0.6) is 5.75 Å². The Morgan fingerprint density at radius 2 is 2.03 bits per heavy atom. The third kappa shape index (κ3) is 3.87. The van der Waals surface area contributed by atoms with Crippen LogP contribution in [0.25, 0.3) is 16.9 Å². The van der Waals surface area contributed by atoms with Gasteiger partial charge in [0.1, 0.15) is 11.4 Å². The van der Waals surface area contributed by atoms with Gasteiger partial charge in [-0.15, -0.1) is 0 Å². The lowest BCUT2D eigenvalue weighted by molar-refractivity contribution is -0.137. The Balaban J connectivity index is 1.74. The fraction of sp³-hybridized carbons (Fsp3) is 0.333. The van der Waals surface area contributed by atoms with Gasteiger partial charge in [-0.25, -0.2) is 0 Å². The highest BCUT2D eigenvalue weighted by atomic mass is 19.4. The summed E-state index contributed by atoms with van der Waals surface area (Å²) in [4.78, 5) is 15.1. The van der Waals surface area contributed by atoms with Gasteiger partial charge in [-0.3, -0.25) is 4.79 Å². The Hall–Kier alpha value is -3.53. The van der Waals surface area contributed by atoms with Crippen LogP contribution in [0.2, 0.25) is 0 Å². The number of methoxy groups -OCH3 is 1. The van der Waals surface area contributed by atoms with E-state index in [1.54, 1.807) is 29.2 Å². The molecule has 178 valence electrons. The summed E-state index contributed by atoms with van der Waals surface area (Å²) in [7, 11) is 1.52. The van der Waals surface area contributed by atoms with Crippen molar-refractivity contribution in [3.8, 4) is 22.7 Å². The highest BCUT2D eigenvalue weighted by molar-refractivity contribution is 5.73. The van der Waals surface area contributed by atoms with Gasteiger partial charge >= 0.3 is 6.18 Å². The Bertz CT molecular complexity index is 1310. The quantitative estimate of drug-likeness (QED) is 0.606. The second kappa shape index (κ2) is 8.35. The fourth-order valence-electron chi connectivity index (χ4n) is 4.57. The first-order chi connectivity index (χ1) is 16.3. The number of β-amino-alcohol motifs (C(OH)–C–C–N with tert-alkyl or cyclic N) is 1. The molecular formula is C24H23F3N4O3. The monoisotopic (exact) mass is 472 g/mol. The molecule has 5 rings (SSSR count). The third-order valence-corrected chi connectivity index (χ3v) is 6.26. The fourth-order valence-corrected chi connectivity index (χ4v) is 4.57. The third-order valence-electron chi connectivity index (χ3n) is 6.26. The van der Waals surface area contributed by atoms with Crippen LogP contribution in [0.3, 0.4) is 0 Å². The maximum atomic E-state index is 14.0. The molecule has 0 aliphatic carbocycles. The van der Waals surface area contributed by atoms with Crippen LogP contribution in [0.4, 0.5) is 24.5 Å². The largest absolute Gasteiger partial charge is 0.497 e. The van der Waals surface area contributed by atoms with Crippen LogP contribution in [0.1, 0.15) is 17.5 Å². The molecule has 0 radical (unpaired) electrons. The van der Waals surface area contributed by atoms with Crippen molar-refractivity contribution in [2.24, 2.45) is 0 Å². The van der Waals surface area contributed by atoms with Gasteiger partial charge in [-0.05, 0) is 43.2 Å². The van der Waals surface area contributed by atoms with Crippen molar-refractivity contribution in [2.45, 2.75) is 25.1 Å². The highest BCUT2D eigenvalue weighted by Crippen LogP contribution is 2.37. The number of hydrogen-bond donors (Lipinski definition) is 2. The zero-order valence-electron chi connectivity index (χ0n) is 18.4. The van der Waals surface area contributed by atoms with Crippen molar-refractivity contribution in [1.29, 1.82) is 0 Å². The number of fused-ring (bicyclic) bond motifs is 1. The van der Waals surface area contributed by atoms with E-state index >= 15 is 0 Å². The summed E-state index contributed by atoms with van der Waals surface area (Å²) in [5, 5.41) is 17.4. The van der Waals surface area contributed by atoms with Gasteiger partial charge in [0.05, 0.1) is 30.2 Å². The number of nitrogens with zero attached hydrogens (tertiary/aromatic N) is 3. The van der Waals surface area contributed by atoms with E-state index in [9.17, 15) is 23.1 Å². The van der Waals surface area contributed by atoms with E-state index in [4.69, 9.17) is 4.74 Å². The predicted octanol–water partition coefficient (Wildman–Crippen LogP) is 3.47. The van der Waals surface area contributed by atoms with Crippen LogP contribution in [-0.2, 0) is 12.6 Å². The van der Waals surface area contributed by atoms with E-state index in [0.29, 0.717) is 60.7 Å². The van der Waals surface area contributed by atoms with Gasteiger partial charge in [-0.1, -0.05) is 12.1 Å². The SMILES string of the molecule is COc1cccc(-c2nn(-c3cc(N4CC[C@H](O)C4)ccc3C(F)(F)F)c(=O)c3c2CCN3)c1. The zero-order valence-corrected chi connectivity index (χ0v) is 18.4. The molecule has 0 spiro atoms. The molecule has 0 amide bonds. The molecule has 34 heavy (non-hydrogen) atoms. The Morgan fingerprint density at radius 3 is 2.74 bits per heavy atom. The van der Waals surface area contributed by atoms with Gasteiger partial charge in [0.25, 0.3) is 5.56 Å². The van der Waals surface area contributed by atoms with E-state index in [2.05, 4.69) is 10.4 Å². The minimum Gasteiger partial charge on any atom is -0.497 e. The lowest BCUT2D eigenvalue weighted by Gasteiger charge is -2.22. The molecule has 3 heterocycles. The molecular weight excluding hydrogens is 449 g/mol. The molecule has 1 atom stereocenters. The number of rotatable bonds is 4. The molecule has 10 heteroatoms. The maximum absolute atomic E-state index is 14.0. The second-order valence-electron chi connectivity index (χ2n) is 8.42. The van der Waals surface area contributed by atoms with Crippen LogP contribution in [0.15, 0.2) is 47.3 Å². The molecule has 0 unspecified atom stereocenters. The smallest absolute Gasteiger partial charge is 0.418 e. The number of halogens is 3. The number of benzene rings is 2. The van der Waals surface area contributed by atoms with E-state index in [1.807, 2.05) is 0 Å². The molecule has 2 N–H and O–H groups in total. The molecule has 7 nitrogen and oxygen atoms in total. The first kappa shape index (κ1) is 22.3. The first-order valence-electron chi connectivity index (χ1n) is 11.0. The minimum absolute atomic E-state index is 0.253. The van der Waals surface area contributed by atoms with E-state index in [0.717, 1.165) is 10.7 Å². The number of anilines is 2. The predicted molar refractivity (Wildman–Crippen MR) is 122 cm³/mol. The summed E-state index contributed by atoms with van der Waals surface area (Å²) in [6, 6.07) is 10.7. The molecule has 0 bridgehead atoms. The number of hydrogen-bond acceptors (Lipinski definition) is 6. The molecule has 1 fully saturated rings. The number of aromatic nitrogens is 2. The number of aliphatic hydroxyl groups is 1. The topological polar surface area (TPSA) is 79.6 Å². The summed E-state index contributed by atoms with van der Waals surface area (Å²) in [6.07, 6.45) is -4.18. The van der Waals surface area contributed by atoms with Crippen molar-refractivity contribution in [3.63, 3.8) is 0 Å². The van der Waals surface area contributed by atoms with Gasteiger partial charge < -0.3 is 20.1 Å². The van der Waals surface area contributed by atoms with Crippen molar-refractivity contribution >= 4 is 11.4 Å². The van der Waals surface area contributed by atoms with Gasteiger partial charge in [-0.2, -0.15) is 23.0 Å². The lowest BCUT2D eigenvalue weighted by atomic mass is 10.0. The standard InChI is InChI=1S/C24H23F3N4O3/c1-34-17-4-2-3-14(11-17)21-18-7-9-28-22(18)23(33)31(29-21)20-12-15(30-10-8-16(32)13-30)5-6-19(20)24(25,26)27/h2-6,11-12,16,28,32H,7-10,13H2,1H3/t16-/m0/s1. The van der Waals surface area contributed by atoms with Crippen molar-refractivity contribution in [3.05, 3.63) is 63.9 Å². The molecule has 2 aromatic carbocycles. The van der Waals surface area contributed by atoms with Gasteiger partial charge in [0.2, 0.25) is 0 Å². The molecule has 1 saturated heterocycles. The molecule has 2 aliphatic heterocycles. The Kier molecular flexibility index (Phi) is 5.47. The highest BCUT2D eigenvalue weighted by Gasteiger charge is 2.36. The van der Waals surface area contributed by atoms with E-state index in [1.165, 1.54) is 19.2 Å². The molecule has 3 aromatic rings. The molecule has 1 aromatic heterocycles. The van der Waals surface area contributed by atoms with Gasteiger partial charge in [0.15, 0.2) is 0 Å². The first-order valence-corrected chi connectivity index (χ1v) is 11.0. The summed E-state index contributed by atoms with van der Waals surface area (Å²) in [6.45, 7) is 1.31. The Labute approximate surface area is 193 Å². The van der Waals surface area contributed by atoms with E-state index < -0.39 is 23.4 Å². The average molecular weight is 472 g/mol. The van der Waals surface area contributed by atoms with Crippen molar-refractivity contribution < 1.29 is 23.0 Å². The van der Waals surface area contributed by atoms with Crippen LogP contribution in [0, 0.1) is 0 Å². The summed E-state index contributed by atoms with van der Waals surface area (Å²) in [5.41, 5.74) is 0.531. The number of aliphatic hydroxyl groups excluding tert-OH is 1. The van der Waals surface area contributed by atoms with Crippen LogP contribution >= 0.6 is 0 Å². The average Bonchev–Trinajstić information content (AvgIpc) is 3.48. The number of ether oxygens (including phenoxy) is 1. The minimum atomic E-state index is -4.69. The summed E-state index contributed by atoms with van der Waals surface area (Å²) in [5.74, 6) is 0.572. The summed E-state index contributed by atoms with van der Waals surface area (Å²) < 4.78 is 48.1. The lowest BCUT2D eigenvalue weighted by Crippen LogP contribution is -2.28. The maximum Gasteiger partial charge on any atom is 0.418 e. The molecule has 0 saturated carbocycles. The van der Waals surface area contributed by atoms with Crippen LogP contribution in [-0.4, -0.2) is 47.7 Å². The molecule has 2 aliphatic rings. The number of alkyl halides is 3. The zero-order chi connectivity index (χ0) is 24.0.